The van der Waals surface area contributed by atoms with Gasteiger partial charge in [0.1, 0.15) is 18.1 Å². The number of hydrogen-bond donors (Lipinski definition) is 2. The summed E-state index contributed by atoms with van der Waals surface area (Å²) in [4.78, 5) is 4.77. The molecule has 0 aromatic heterocycles. The zero-order valence-corrected chi connectivity index (χ0v) is 18.5. The van der Waals surface area contributed by atoms with Crippen LogP contribution in [0.4, 0.5) is 0 Å². The molecule has 1 atom stereocenters. The molecule has 0 spiro atoms. The van der Waals surface area contributed by atoms with E-state index in [-0.39, 0.29) is 30.0 Å². The molecule has 0 saturated heterocycles. The molecule has 1 aliphatic rings. The van der Waals surface area contributed by atoms with E-state index >= 15 is 0 Å². The van der Waals surface area contributed by atoms with Crippen molar-refractivity contribution in [2.45, 2.75) is 25.9 Å². The first-order valence-corrected chi connectivity index (χ1v) is 9.40. The number of nitrogens with one attached hydrogen (secondary N) is 2. The van der Waals surface area contributed by atoms with Crippen molar-refractivity contribution in [1.82, 2.24) is 10.6 Å². The number of nitrogens with zero attached hydrogens (tertiary/aromatic N) is 1. The monoisotopic (exact) mass is 493 g/mol. The first-order chi connectivity index (χ1) is 13.3. The van der Waals surface area contributed by atoms with Crippen molar-refractivity contribution in [1.29, 1.82) is 0 Å². The highest BCUT2D eigenvalue weighted by molar-refractivity contribution is 14.0. The van der Waals surface area contributed by atoms with Crippen molar-refractivity contribution < 1.29 is 9.47 Å². The summed E-state index contributed by atoms with van der Waals surface area (Å²) >= 11 is 0. The Balaban J connectivity index is 0.00000280. The molecular formula is C22H28IN3O2. The van der Waals surface area contributed by atoms with Crippen LogP contribution in [0, 0.1) is 0 Å². The summed E-state index contributed by atoms with van der Waals surface area (Å²) < 4.78 is 11.5. The van der Waals surface area contributed by atoms with E-state index in [1.54, 1.807) is 6.08 Å². The lowest BCUT2D eigenvalue weighted by Gasteiger charge is -2.28. The molecule has 1 aliphatic heterocycles. The lowest BCUT2D eigenvalue weighted by Crippen LogP contribution is -2.41. The van der Waals surface area contributed by atoms with Crippen LogP contribution in [0.5, 0.6) is 11.5 Å². The number of guanidine groups is 1. The van der Waals surface area contributed by atoms with Gasteiger partial charge >= 0.3 is 0 Å². The molecule has 0 amide bonds. The number of benzene rings is 2. The summed E-state index contributed by atoms with van der Waals surface area (Å²) in [5.74, 6) is 2.58. The average molecular weight is 493 g/mol. The van der Waals surface area contributed by atoms with Crippen LogP contribution in [0.25, 0.3) is 0 Å². The zero-order valence-electron chi connectivity index (χ0n) is 16.2. The van der Waals surface area contributed by atoms with Gasteiger partial charge in [-0.05, 0) is 19.1 Å². The van der Waals surface area contributed by atoms with Crippen LogP contribution < -0.4 is 20.1 Å². The van der Waals surface area contributed by atoms with Crippen molar-refractivity contribution in [3.05, 3.63) is 72.3 Å². The largest absolute Gasteiger partial charge is 0.493 e. The fourth-order valence-electron chi connectivity index (χ4n) is 3.07. The second-order valence-electron chi connectivity index (χ2n) is 6.27. The van der Waals surface area contributed by atoms with Gasteiger partial charge in [0, 0.05) is 24.1 Å². The maximum Gasteiger partial charge on any atom is 0.192 e. The average Bonchev–Trinajstić information content (AvgIpc) is 2.71. The van der Waals surface area contributed by atoms with Crippen LogP contribution in [0.1, 0.15) is 30.5 Å². The second kappa shape index (κ2) is 11.6. The lowest BCUT2D eigenvalue weighted by molar-refractivity contribution is 0.261. The predicted molar refractivity (Wildman–Crippen MR) is 125 cm³/mol. The molecule has 2 aromatic carbocycles. The van der Waals surface area contributed by atoms with Gasteiger partial charge in [-0.3, -0.25) is 0 Å². The molecule has 5 nitrogen and oxygen atoms in total. The van der Waals surface area contributed by atoms with E-state index in [4.69, 9.17) is 14.5 Å². The van der Waals surface area contributed by atoms with Crippen LogP contribution in [0.15, 0.2) is 66.2 Å². The molecule has 0 fully saturated rings. The fraction of sp³-hybridized carbons (Fsp3) is 0.318. The fourth-order valence-corrected chi connectivity index (χ4v) is 3.07. The summed E-state index contributed by atoms with van der Waals surface area (Å²) in [6, 6.07) is 16.3. The summed E-state index contributed by atoms with van der Waals surface area (Å²) in [6.07, 6.45) is 2.65. The van der Waals surface area contributed by atoms with E-state index < -0.39 is 0 Å². The molecule has 6 heteroatoms. The summed E-state index contributed by atoms with van der Waals surface area (Å²) in [6.45, 7) is 8.29. The summed E-state index contributed by atoms with van der Waals surface area (Å²) in [7, 11) is 0. The van der Waals surface area contributed by atoms with Gasteiger partial charge in [0.25, 0.3) is 0 Å². The number of rotatable bonds is 7. The van der Waals surface area contributed by atoms with Gasteiger partial charge in [0.15, 0.2) is 5.96 Å². The summed E-state index contributed by atoms with van der Waals surface area (Å²) in [5.41, 5.74) is 2.22. The minimum Gasteiger partial charge on any atom is -0.493 e. The Morgan fingerprint density at radius 3 is 2.86 bits per heavy atom. The number of ether oxygens (including phenoxy) is 2. The Morgan fingerprint density at radius 1 is 1.25 bits per heavy atom. The first kappa shape index (κ1) is 22.1. The molecule has 0 bridgehead atoms. The Labute approximate surface area is 184 Å². The van der Waals surface area contributed by atoms with Gasteiger partial charge in [-0.25, -0.2) is 4.99 Å². The van der Waals surface area contributed by atoms with E-state index in [0.717, 1.165) is 36.0 Å². The maximum atomic E-state index is 5.75. The SMILES string of the molecule is C=CCOc1ccccc1CN=C(NCC)NC1CCOc2ccccc21.I. The van der Waals surface area contributed by atoms with Gasteiger partial charge in [-0.2, -0.15) is 0 Å². The molecule has 150 valence electrons. The molecule has 2 aromatic rings. The number of hydrogen-bond acceptors (Lipinski definition) is 3. The maximum absolute atomic E-state index is 5.75. The highest BCUT2D eigenvalue weighted by Crippen LogP contribution is 2.31. The third kappa shape index (κ3) is 5.89. The number of halogens is 1. The van der Waals surface area contributed by atoms with Gasteiger partial charge in [0.05, 0.1) is 19.2 Å². The Morgan fingerprint density at radius 2 is 2.04 bits per heavy atom. The van der Waals surface area contributed by atoms with Crippen molar-refractivity contribution in [3.63, 3.8) is 0 Å². The number of para-hydroxylation sites is 2. The highest BCUT2D eigenvalue weighted by Gasteiger charge is 2.21. The highest BCUT2D eigenvalue weighted by atomic mass is 127. The van der Waals surface area contributed by atoms with Crippen molar-refractivity contribution in [2.24, 2.45) is 4.99 Å². The van der Waals surface area contributed by atoms with E-state index in [1.807, 2.05) is 42.5 Å². The second-order valence-corrected chi connectivity index (χ2v) is 6.27. The normalized spacial score (nSPS) is 15.5. The molecule has 1 unspecified atom stereocenters. The van der Waals surface area contributed by atoms with Crippen LogP contribution in [-0.2, 0) is 6.54 Å². The van der Waals surface area contributed by atoms with Gasteiger partial charge in [0.2, 0.25) is 0 Å². The quantitative estimate of drug-likeness (QED) is 0.259. The van der Waals surface area contributed by atoms with Crippen LogP contribution in [0.3, 0.4) is 0 Å². The molecule has 0 radical (unpaired) electrons. The minimum absolute atomic E-state index is 0. The zero-order chi connectivity index (χ0) is 18.9. The van der Waals surface area contributed by atoms with Crippen molar-refractivity contribution >= 4 is 29.9 Å². The molecular weight excluding hydrogens is 465 g/mol. The smallest absolute Gasteiger partial charge is 0.192 e. The van der Waals surface area contributed by atoms with Gasteiger partial charge in [-0.1, -0.05) is 49.1 Å². The van der Waals surface area contributed by atoms with Crippen LogP contribution in [-0.4, -0.2) is 25.7 Å². The third-order valence-corrected chi connectivity index (χ3v) is 4.35. The molecule has 2 N–H and O–H groups in total. The van der Waals surface area contributed by atoms with E-state index in [2.05, 4.69) is 30.2 Å². The van der Waals surface area contributed by atoms with Crippen LogP contribution >= 0.6 is 24.0 Å². The van der Waals surface area contributed by atoms with Crippen molar-refractivity contribution in [3.8, 4) is 11.5 Å². The molecule has 28 heavy (non-hydrogen) atoms. The molecule has 1 heterocycles. The van der Waals surface area contributed by atoms with E-state index in [9.17, 15) is 0 Å². The van der Waals surface area contributed by atoms with Crippen molar-refractivity contribution in [2.75, 3.05) is 19.8 Å². The van der Waals surface area contributed by atoms with E-state index in [1.165, 1.54) is 5.56 Å². The molecule has 3 rings (SSSR count). The molecule has 0 aliphatic carbocycles. The summed E-state index contributed by atoms with van der Waals surface area (Å²) in [5, 5.41) is 6.88. The predicted octanol–water partition coefficient (Wildman–Crippen LogP) is 4.45. The van der Waals surface area contributed by atoms with Gasteiger partial charge in [-0.15, -0.1) is 24.0 Å². The Kier molecular flexibility index (Phi) is 9.13. The Bertz CT molecular complexity index is 795. The standard InChI is InChI=1S/C22H27N3O2.HI/c1-3-14-26-20-11-7-5-9-17(20)16-24-22(23-4-2)25-19-13-15-27-21-12-8-6-10-18(19)21;/h3,5-12,19H,1,4,13-16H2,2H3,(H2,23,24,25);1H. The topological polar surface area (TPSA) is 54.9 Å². The Hall–Kier alpha value is -2.22. The van der Waals surface area contributed by atoms with Crippen LogP contribution in [0.2, 0.25) is 0 Å². The minimum atomic E-state index is 0. The molecule has 0 saturated carbocycles. The van der Waals surface area contributed by atoms with Gasteiger partial charge < -0.3 is 20.1 Å². The van der Waals surface area contributed by atoms with E-state index in [0.29, 0.717) is 19.8 Å². The third-order valence-electron chi connectivity index (χ3n) is 4.35. The number of aliphatic imine (C=N–C) groups is 1. The lowest BCUT2D eigenvalue weighted by atomic mass is 10.0. The number of fused-ring (bicyclic) bond motifs is 1. The first-order valence-electron chi connectivity index (χ1n) is 9.40.